The van der Waals surface area contributed by atoms with Gasteiger partial charge in [-0.3, -0.25) is 4.79 Å². The molecular weight excluding hydrogens is 160 g/mol. The molecule has 4 atom stereocenters. The Morgan fingerprint density at radius 3 is 2.46 bits per heavy atom. The van der Waals surface area contributed by atoms with Crippen LogP contribution in [0.3, 0.4) is 0 Å². The van der Waals surface area contributed by atoms with Crippen molar-refractivity contribution >= 4 is 5.78 Å². The smallest absolute Gasteiger partial charge is 0.140 e. The Hall–Kier alpha value is -0.590. The number of rotatable bonds is 3. The van der Waals surface area contributed by atoms with Crippen LogP contribution in [-0.4, -0.2) is 5.78 Å². The SMILES string of the molecule is C=CCC(=O)C1C2C3CCC(C3)C12. The van der Waals surface area contributed by atoms with Crippen LogP contribution >= 0.6 is 0 Å². The molecular formula is C12H16O. The lowest BCUT2D eigenvalue weighted by atomic mass is 9.98. The summed E-state index contributed by atoms with van der Waals surface area (Å²) in [4.78, 5) is 11.7. The van der Waals surface area contributed by atoms with Crippen molar-refractivity contribution in [3.05, 3.63) is 12.7 Å². The molecule has 1 nitrogen and oxygen atoms in total. The molecule has 3 saturated carbocycles. The van der Waals surface area contributed by atoms with Gasteiger partial charge in [-0.25, -0.2) is 0 Å². The number of allylic oxidation sites excluding steroid dienone is 1. The number of Topliss-reactive ketones (excluding diaryl/α,β-unsaturated/α-hetero) is 1. The molecule has 2 bridgehead atoms. The van der Waals surface area contributed by atoms with E-state index in [-0.39, 0.29) is 0 Å². The second-order valence-electron chi connectivity index (χ2n) is 4.97. The van der Waals surface area contributed by atoms with Crippen molar-refractivity contribution in [1.29, 1.82) is 0 Å². The maximum absolute atomic E-state index is 11.7. The first-order valence-corrected chi connectivity index (χ1v) is 5.46. The number of ketones is 1. The van der Waals surface area contributed by atoms with E-state index in [0.717, 1.165) is 23.7 Å². The lowest BCUT2D eigenvalue weighted by Gasteiger charge is -2.05. The van der Waals surface area contributed by atoms with E-state index in [1.807, 2.05) is 0 Å². The van der Waals surface area contributed by atoms with Gasteiger partial charge in [0.2, 0.25) is 0 Å². The zero-order valence-corrected chi connectivity index (χ0v) is 7.91. The Morgan fingerprint density at radius 2 is 1.92 bits per heavy atom. The lowest BCUT2D eigenvalue weighted by molar-refractivity contribution is -0.120. The Bertz CT molecular complexity index is 252. The summed E-state index contributed by atoms with van der Waals surface area (Å²) in [6.45, 7) is 3.64. The molecule has 0 aromatic heterocycles. The third kappa shape index (κ3) is 0.905. The fourth-order valence-electron chi connectivity index (χ4n) is 4.03. The number of carbonyl (C=O) groups excluding carboxylic acids is 1. The van der Waals surface area contributed by atoms with Crippen LogP contribution in [0.25, 0.3) is 0 Å². The summed E-state index contributed by atoms with van der Waals surface area (Å²) in [6, 6.07) is 0. The van der Waals surface area contributed by atoms with Crippen LogP contribution in [0.4, 0.5) is 0 Å². The van der Waals surface area contributed by atoms with Gasteiger partial charge in [-0.1, -0.05) is 6.08 Å². The molecule has 0 aromatic rings. The molecule has 3 aliphatic rings. The molecule has 3 rings (SSSR count). The number of hydrogen-bond donors (Lipinski definition) is 0. The minimum atomic E-state index is 0.462. The summed E-state index contributed by atoms with van der Waals surface area (Å²) in [6.07, 6.45) is 6.62. The van der Waals surface area contributed by atoms with Crippen molar-refractivity contribution < 1.29 is 4.79 Å². The minimum Gasteiger partial charge on any atom is -0.299 e. The highest BCUT2D eigenvalue weighted by molar-refractivity contribution is 5.86. The van der Waals surface area contributed by atoms with E-state index in [2.05, 4.69) is 6.58 Å². The number of carbonyl (C=O) groups is 1. The van der Waals surface area contributed by atoms with Crippen LogP contribution in [0, 0.1) is 29.6 Å². The fourth-order valence-corrected chi connectivity index (χ4v) is 4.03. The number of hydrogen-bond acceptors (Lipinski definition) is 1. The summed E-state index contributed by atoms with van der Waals surface area (Å²) >= 11 is 0. The van der Waals surface area contributed by atoms with Crippen LogP contribution in [-0.2, 0) is 4.79 Å². The quantitative estimate of drug-likeness (QED) is 0.603. The summed E-state index contributed by atoms with van der Waals surface area (Å²) in [7, 11) is 0. The van der Waals surface area contributed by atoms with Crippen molar-refractivity contribution in [1.82, 2.24) is 0 Å². The van der Waals surface area contributed by atoms with Crippen molar-refractivity contribution in [2.45, 2.75) is 25.7 Å². The monoisotopic (exact) mass is 176 g/mol. The summed E-state index contributed by atoms with van der Waals surface area (Å²) < 4.78 is 0. The summed E-state index contributed by atoms with van der Waals surface area (Å²) in [5.74, 6) is 4.41. The molecule has 0 radical (unpaired) electrons. The molecule has 1 heteroatoms. The Kier molecular flexibility index (Phi) is 1.47. The van der Waals surface area contributed by atoms with Gasteiger partial charge in [-0.15, -0.1) is 6.58 Å². The van der Waals surface area contributed by atoms with Crippen molar-refractivity contribution in [2.24, 2.45) is 29.6 Å². The van der Waals surface area contributed by atoms with Gasteiger partial charge in [-0.2, -0.15) is 0 Å². The zero-order valence-electron chi connectivity index (χ0n) is 7.91. The molecule has 0 aromatic carbocycles. The minimum absolute atomic E-state index is 0.462. The van der Waals surface area contributed by atoms with E-state index in [0.29, 0.717) is 18.1 Å². The normalized spacial score (nSPS) is 50.3. The van der Waals surface area contributed by atoms with E-state index >= 15 is 0 Å². The molecule has 3 fully saturated rings. The summed E-state index contributed by atoms with van der Waals surface area (Å²) in [5.41, 5.74) is 0. The van der Waals surface area contributed by atoms with E-state index in [4.69, 9.17) is 0 Å². The largest absolute Gasteiger partial charge is 0.299 e. The lowest BCUT2D eigenvalue weighted by Crippen LogP contribution is -2.08. The van der Waals surface area contributed by atoms with E-state index in [1.54, 1.807) is 6.08 Å². The molecule has 0 heterocycles. The predicted molar refractivity (Wildman–Crippen MR) is 51.1 cm³/mol. The maximum Gasteiger partial charge on any atom is 0.140 e. The highest BCUT2D eigenvalue weighted by atomic mass is 16.1. The van der Waals surface area contributed by atoms with Crippen LogP contribution < -0.4 is 0 Å². The van der Waals surface area contributed by atoms with Gasteiger partial charge in [0.25, 0.3) is 0 Å². The first kappa shape index (κ1) is 7.78. The fraction of sp³-hybridized carbons (Fsp3) is 0.750. The predicted octanol–water partition coefficient (Wildman–Crippen LogP) is 2.42. The highest BCUT2D eigenvalue weighted by Gasteiger charge is 2.66. The van der Waals surface area contributed by atoms with Crippen molar-refractivity contribution in [3.63, 3.8) is 0 Å². The number of fused-ring (bicyclic) bond motifs is 5. The molecule has 0 spiro atoms. The second-order valence-corrected chi connectivity index (χ2v) is 4.97. The van der Waals surface area contributed by atoms with Crippen molar-refractivity contribution in [2.75, 3.05) is 0 Å². The Balaban J connectivity index is 1.72. The summed E-state index contributed by atoms with van der Waals surface area (Å²) in [5, 5.41) is 0. The molecule has 70 valence electrons. The molecule has 0 aliphatic heterocycles. The second kappa shape index (κ2) is 2.46. The van der Waals surface area contributed by atoms with Crippen LogP contribution in [0.2, 0.25) is 0 Å². The Labute approximate surface area is 79.2 Å². The first-order valence-electron chi connectivity index (χ1n) is 5.46. The first-order chi connectivity index (χ1) is 6.33. The van der Waals surface area contributed by atoms with E-state index < -0.39 is 0 Å². The third-order valence-corrected chi connectivity index (χ3v) is 4.45. The van der Waals surface area contributed by atoms with Crippen LogP contribution in [0.15, 0.2) is 12.7 Å². The standard InChI is InChI=1S/C12H16O/c1-2-3-9(13)12-10-7-4-5-8(6-7)11(10)12/h2,7-8,10-12H,1,3-6H2. The molecule has 0 amide bonds. The van der Waals surface area contributed by atoms with Crippen molar-refractivity contribution in [3.8, 4) is 0 Å². The molecule has 0 N–H and O–H groups in total. The van der Waals surface area contributed by atoms with Gasteiger partial charge in [-0.05, 0) is 42.9 Å². The Morgan fingerprint density at radius 1 is 1.31 bits per heavy atom. The maximum atomic E-state index is 11.7. The average Bonchev–Trinajstić information content (AvgIpc) is 2.57. The van der Waals surface area contributed by atoms with Gasteiger partial charge >= 0.3 is 0 Å². The molecule has 0 saturated heterocycles. The third-order valence-electron chi connectivity index (χ3n) is 4.45. The topological polar surface area (TPSA) is 17.1 Å². The van der Waals surface area contributed by atoms with E-state index in [1.165, 1.54) is 19.3 Å². The van der Waals surface area contributed by atoms with Gasteiger partial charge in [0.15, 0.2) is 0 Å². The van der Waals surface area contributed by atoms with Crippen LogP contribution in [0.5, 0.6) is 0 Å². The van der Waals surface area contributed by atoms with Gasteiger partial charge < -0.3 is 0 Å². The molecule has 13 heavy (non-hydrogen) atoms. The van der Waals surface area contributed by atoms with Gasteiger partial charge in [0, 0.05) is 12.3 Å². The average molecular weight is 176 g/mol. The van der Waals surface area contributed by atoms with Crippen LogP contribution in [0.1, 0.15) is 25.7 Å². The van der Waals surface area contributed by atoms with Gasteiger partial charge in [0.1, 0.15) is 5.78 Å². The zero-order chi connectivity index (χ0) is 9.00. The van der Waals surface area contributed by atoms with Gasteiger partial charge in [0.05, 0.1) is 0 Å². The highest BCUT2D eigenvalue weighted by Crippen LogP contribution is 2.69. The molecule has 3 aliphatic carbocycles. The van der Waals surface area contributed by atoms with E-state index in [9.17, 15) is 4.79 Å². The molecule has 4 unspecified atom stereocenters.